The quantitative estimate of drug-likeness (QED) is 0.350. The predicted molar refractivity (Wildman–Crippen MR) is 113 cm³/mol. The Hall–Kier alpha value is -2.95. The van der Waals surface area contributed by atoms with E-state index in [4.69, 9.17) is 11.6 Å². The molecule has 1 amide bonds. The van der Waals surface area contributed by atoms with Gasteiger partial charge < -0.3 is 4.90 Å². The van der Waals surface area contributed by atoms with E-state index < -0.39 is 11.1 Å². The number of carbonyl (C=O) groups excluding carboxylic acids is 1. The van der Waals surface area contributed by atoms with Crippen LogP contribution >= 0.6 is 11.6 Å². The maximum atomic E-state index is 13.4. The van der Waals surface area contributed by atoms with Crippen molar-refractivity contribution in [2.45, 2.75) is 26.4 Å². The van der Waals surface area contributed by atoms with Gasteiger partial charge in [0, 0.05) is 35.3 Å². The molecular formula is C21H23ClN6O. The number of carbonyl (C=O) groups is 1. The molecule has 1 aliphatic rings. The SMILES string of the molecule is CC(C)(C)C1(C(=Nc2cccnc2)NC#N)NCCN1C(=O)c1ccc(Cl)cc1. The minimum absolute atomic E-state index is 0.166. The van der Waals surface area contributed by atoms with Crippen molar-refractivity contribution >= 4 is 29.0 Å². The molecule has 29 heavy (non-hydrogen) atoms. The number of nitrogens with zero attached hydrogens (tertiary/aromatic N) is 4. The van der Waals surface area contributed by atoms with Gasteiger partial charge in [0.15, 0.2) is 17.7 Å². The number of rotatable bonds is 3. The van der Waals surface area contributed by atoms with E-state index in [1.807, 2.05) is 27.0 Å². The molecule has 1 atom stereocenters. The number of nitrogens with one attached hydrogen (secondary N) is 2. The summed E-state index contributed by atoms with van der Waals surface area (Å²) in [6.07, 6.45) is 5.23. The minimum Gasteiger partial charge on any atom is -0.312 e. The Morgan fingerprint density at radius 2 is 2.07 bits per heavy atom. The van der Waals surface area contributed by atoms with E-state index >= 15 is 0 Å². The van der Waals surface area contributed by atoms with Crippen molar-refractivity contribution < 1.29 is 4.79 Å². The van der Waals surface area contributed by atoms with E-state index in [1.54, 1.807) is 53.7 Å². The Labute approximate surface area is 175 Å². The average Bonchev–Trinajstić information content (AvgIpc) is 3.15. The first-order valence-corrected chi connectivity index (χ1v) is 9.64. The van der Waals surface area contributed by atoms with Gasteiger partial charge in [0.2, 0.25) is 0 Å². The molecule has 150 valence electrons. The highest BCUT2D eigenvalue weighted by atomic mass is 35.5. The fraction of sp³-hybridized carbons (Fsp3) is 0.333. The summed E-state index contributed by atoms with van der Waals surface area (Å²) in [5, 5.41) is 16.1. The van der Waals surface area contributed by atoms with E-state index in [1.165, 1.54) is 0 Å². The number of hydrogen-bond acceptors (Lipinski definition) is 5. The molecule has 2 N–H and O–H groups in total. The summed E-state index contributed by atoms with van der Waals surface area (Å²) in [7, 11) is 0. The average molecular weight is 411 g/mol. The molecule has 0 bridgehead atoms. The van der Waals surface area contributed by atoms with Crippen LogP contribution in [0.25, 0.3) is 0 Å². The lowest BCUT2D eigenvalue weighted by atomic mass is 9.78. The summed E-state index contributed by atoms with van der Waals surface area (Å²) in [6.45, 7) is 7.05. The Bertz CT molecular complexity index is 946. The summed E-state index contributed by atoms with van der Waals surface area (Å²) >= 11 is 5.98. The lowest BCUT2D eigenvalue weighted by Crippen LogP contribution is -2.69. The van der Waals surface area contributed by atoms with Gasteiger partial charge in [0.25, 0.3) is 5.91 Å². The van der Waals surface area contributed by atoms with Gasteiger partial charge in [-0.1, -0.05) is 32.4 Å². The minimum atomic E-state index is -1.02. The van der Waals surface area contributed by atoms with Gasteiger partial charge in [-0.05, 0) is 36.4 Å². The second-order valence-corrected chi connectivity index (χ2v) is 8.20. The molecule has 1 fully saturated rings. The van der Waals surface area contributed by atoms with Gasteiger partial charge in [-0.3, -0.25) is 20.4 Å². The molecule has 0 spiro atoms. The number of benzene rings is 1. The molecule has 8 heteroatoms. The molecule has 0 saturated carbocycles. The Kier molecular flexibility index (Phi) is 5.87. The first kappa shape index (κ1) is 20.8. The van der Waals surface area contributed by atoms with Crippen LogP contribution in [0.15, 0.2) is 53.8 Å². The highest BCUT2D eigenvalue weighted by molar-refractivity contribution is 6.30. The van der Waals surface area contributed by atoms with Crippen LogP contribution in [0.4, 0.5) is 5.69 Å². The smallest absolute Gasteiger partial charge is 0.255 e. The van der Waals surface area contributed by atoms with Gasteiger partial charge in [-0.2, -0.15) is 5.26 Å². The van der Waals surface area contributed by atoms with E-state index in [0.717, 1.165) is 0 Å². The second-order valence-electron chi connectivity index (χ2n) is 7.76. The fourth-order valence-corrected chi connectivity index (χ4v) is 3.78. The first-order chi connectivity index (χ1) is 13.8. The molecule has 1 saturated heterocycles. The number of aromatic nitrogens is 1. The molecule has 1 aromatic heterocycles. The van der Waals surface area contributed by atoms with Gasteiger partial charge in [0.05, 0.1) is 11.9 Å². The zero-order valence-corrected chi connectivity index (χ0v) is 17.4. The molecule has 7 nitrogen and oxygen atoms in total. The number of aliphatic imine (C=N–C) groups is 1. The molecule has 1 aromatic carbocycles. The molecule has 3 rings (SSSR count). The zero-order valence-electron chi connectivity index (χ0n) is 16.6. The molecule has 1 aliphatic heterocycles. The summed E-state index contributed by atoms with van der Waals surface area (Å²) in [6, 6.07) is 10.3. The highest BCUT2D eigenvalue weighted by Gasteiger charge is 2.56. The van der Waals surface area contributed by atoms with Gasteiger partial charge in [-0.25, -0.2) is 4.99 Å². The van der Waals surface area contributed by atoms with Crippen LogP contribution in [0.2, 0.25) is 5.02 Å². The van der Waals surface area contributed by atoms with Crippen molar-refractivity contribution in [2.24, 2.45) is 10.4 Å². The zero-order chi connectivity index (χ0) is 21.1. The molecule has 0 aliphatic carbocycles. The highest BCUT2D eigenvalue weighted by Crippen LogP contribution is 2.38. The first-order valence-electron chi connectivity index (χ1n) is 9.26. The number of amidine groups is 1. The van der Waals surface area contributed by atoms with Crippen molar-refractivity contribution in [2.75, 3.05) is 13.1 Å². The predicted octanol–water partition coefficient (Wildman–Crippen LogP) is 3.32. The summed E-state index contributed by atoms with van der Waals surface area (Å²) in [5.41, 5.74) is -0.406. The summed E-state index contributed by atoms with van der Waals surface area (Å²) in [4.78, 5) is 23.9. The van der Waals surface area contributed by atoms with Crippen molar-refractivity contribution in [1.29, 1.82) is 5.26 Å². The number of pyridine rings is 1. The number of amides is 1. The Morgan fingerprint density at radius 3 is 2.66 bits per heavy atom. The Balaban J connectivity index is 2.13. The third-order valence-electron chi connectivity index (χ3n) is 4.95. The summed E-state index contributed by atoms with van der Waals surface area (Å²) < 4.78 is 0. The van der Waals surface area contributed by atoms with E-state index in [9.17, 15) is 10.1 Å². The van der Waals surface area contributed by atoms with Crippen molar-refractivity contribution in [1.82, 2.24) is 20.5 Å². The lowest BCUT2D eigenvalue weighted by molar-refractivity contribution is 0.0426. The molecule has 1 unspecified atom stereocenters. The van der Waals surface area contributed by atoms with Gasteiger partial charge >= 0.3 is 0 Å². The van der Waals surface area contributed by atoms with Crippen molar-refractivity contribution in [3.63, 3.8) is 0 Å². The Morgan fingerprint density at radius 1 is 1.34 bits per heavy atom. The second kappa shape index (κ2) is 8.19. The normalized spacial score (nSPS) is 19.7. The molecular weight excluding hydrogens is 388 g/mol. The van der Waals surface area contributed by atoms with Crippen molar-refractivity contribution in [3.8, 4) is 6.19 Å². The van der Waals surface area contributed by atoms with E-state index in [-0.39, 0.29) is 5.91 Å². The number of nitriles is 1. The van der Waals surface area contributed by atoms with Crippen LogP contribution < -0.4 is 10.6 Å². The molecule has 0 radical (unpaired) electrons. The topological polar surface area (TPSA) is 93.4 Å². The fourth-order valence-electron chi connectivity index (χ4n) is 3.65. The van der Waals surface area contributed by atoms with E-state index in [0.29, 0.717) is 35.2 Å². The standard InChI is InChI=1S/C21H23ClN6O/c1-20(2,3)21(19(25-14-23)27-17-5-4-10-24-13-17)26-11-12-28(21)18(29)15-6-8-16(22)9-7-15/h4-10,13,26H,11-12H2,1-3H3,(H,25,27). The lowest BCUT2D eigenvalue weighted by Gasteiger charge is -2.47. The van der Waals surface area contributed by atoms with Gasteiger partial charge in [0.1, 0.15) is 0 Å². The van der Waals surface area contributed by atoms with Crippen LogP contribution in [0.5, 0.6) is 0 Å². The molecule has 2 heterocycles. The maximum Gasteiger partial charge on any atom is 0.255 e. The third kappa shape index (κ3) is 3.95. The van der Waals surface area contributed by atoms with Crippen LogP contribution in [-0.2, 0) is 0 Å². The monoisotopic (exact) mass is 410 g/mol. The number of halogens is 1. The van der Waals surface area contributed by atoms with Crippen LogP contribution in [0.1, 0.15) is 31.1 Å². The maximum absolute atomic E-state index is 13.4. The van der Waals surface area contributed by atoms with E-state index in [2.05, 4.69) is 20.6 Å². The van der Waals surface area contributed by atoms with Crippen molar-refractivity contribution in [3.05, 3.63) is 59.4 Å². The summed E-state index contributed by atoms with van der Waals surface area (Å²) in [5.74, 6) is 0.181. The van der Waals surface area contributed by atoms with Gasteiger partial charge in [-0.15, -0.1) is 0 Å². The van der Waals surface area contributed by atoms with Crippen LogP contribution in [0, 0.1) is 16.9 Å². The molecule has 2 aromatic rings. The van der Waals surface area contributed by atoms with Crippen LogP contribution in [-0.4, -0.2) is 40.4 Å². The third-order valence-corrected chi connectivity index (χ3v) is 5.20. The van der Waals surface area contributed by atoms with Crippen LogP contribution in [0.3, 0.4) is 0 Å². The number of hydrogen-bond donors (Lipinski definition) is 2. The largest absolute Gasteiger partial charge is 0.312 e.